The summed E-state index contributed by atoms with van der Waals surface area (Å²) in [6.45, 7) is 3.91. The third kappa shape index (κ3) is 6.71. The number of aromatic amines is 1. The summed E-state index contributed by atoms with van der Waals surface area (Å²) in [5.74, 6) is -0.790. The summed E-state index contributed by atoms with van der Waals surface area (Å²) in [7, 11) is 1.51. The van der Waals surface area contributed by atoms with Crippen LogP contribution in [0.5, 0.6) is 5.75 Å². The summed E-state index contributed by atoms with van der Waals surface area (Å²) < 4.78 is 11.5. The smallest absolute Gasteiger partial charge is 0.338 e. The van der Waals surface area contributed by atoms with Crippen molar-refractivity contribution in [1.82, 2.24) is 9.55 Å². The van der Waals surface area contributed by atoms with E-state index in [9.17, 15) is 19.2 Å². The van der Waals surface area contributed by atoms with Gasteiger partial charge in [0.15, 0.2) is 12.3 Å². The van der Waals surface area contributed by atoms with Crippen molar-refractivity contribution in [3.8, 4) is 5.75 Å². The molecular formula is C23H32N4O6. The van der Waals surface area contributed by atoms with Crippen LogP contribution in [0.3, 0.4) is 0 Å². The topological polar surface area (TPSA) is 137 Å². The highest BCUT2D eigenvalue weighted by Gasteiger charge is 2.25. The number of nitrogens with one attached hydrogen (secondary N) is 1. The molecule has 2 rings (SSSR count). The van der Waals surface area contributed by atoms with Gasteiger partial charge in [-0.2, -0.15) is 0 Å². The van der Waals surface area contributed by atoms with Crippen molar-refractivity contribution in [3.63, 3.8) is 0 Å². The van der Waals surface area contributed by atoms with Gasteiger partial charge >= 0.3 is 11.7 Å². The van der Waals surface area contributed by atoms with Crippen LogP contribution in [0.2, 0.25) is 0 Å². The van der Waals surface area contributed by atoms with Crippen LogP contribution in [0.1, 0.15) is 56.3 Å². The largest absolute Gasteiger partial charge is 0.497 e. The quantitative estimate of drug-likeness (QED) is 0.366. The van der Waals surface area contributed by atoms with Crippen molar-refractivity contribution in [2.45, 2.75) is 52.5 Å². The van der Waals surface area contributed by atoms with Crippen molar-refractivity contribution in [1.29, 1.82) is 0 Å². The molecule has 1 amide bonds. The molecule has 10 nitrogen and oxygen atoms in total. The Hall–Kier alpha value is -3.56. The Morgan fingerprint density at radius 2 is 1.73 bits per heavy atom. The van der Waals surface area contributed by atoms with Crippen LogP contribution in [0, 0.1) is 0 Å². The number of aromatic nitrogens is 2. The molecule has 180 valence electrons. The molecule has 0 aliphatic rings. The number of nitrogens with zero attached hydrogens (tertiary/aromatic N) is 2. The first-order valence-electron chi connectivity index (χ1n) is 11.1. The van der Waals surface area contributed by atoms with Gasteiger partial charge in [-0.3, -0.25) is 19.1 Å². The highest BCUT2D eigenvalue weighted by molar-refractivity contribution is 5.98. The summed E-state index contributed by atoms with van der Waals surface area (Å²) in [4.78, 5) is 53.7. The third-order valence-corrected chi connectivity index (χ3v) is 5.16. The lowest BCUT2D eigenvalue weighted by Crippen LogP contribution is -2.43. The van der Waals surface area contributed by atoms with E-state index < -0.39 is 29.7 Å². The molecule has 0 fully saturated rings. The van der Waals surface area contributed by atoms with Gasteiger partial charge in [0.25, 0.3) is 11.5 Å². The fraction of sp³-hybridized carbons (Fsp3) is 0.478. The molecule has 3 N–H and O–H groups in total. The number of H-pyrrole nitrogens is 1. The maximum atomic E-state index is 13.0. The minimum absolute atomic E-state index is 0.0801. The number of ether oxygens (including phenoxy) is 2. The maximum Gasteiger partial charge on any atom is 0.338 e. The van der Waals surface area contributed by atoms with Crippen LogP contribution >= 0.6 is 0 Å². The van der Waals surface area contributed by atoms with Gasteiger partial charge in [0.05, 0.1) is 12.7 Å². The zero-order valence-corrected chi connectivity index (χ0v) is 19.4. The Kier molecular flexibility index (Phi) is 9.71. The Bertz CT molecular complexity index is 1060. The van der Waals surface area contributed by atoms with Gasteiger partial charge in [-0.15, -0.1) is 0 Å². The van der Waals surface area contributed by atoms with Gasteiger partial charge in [0, 0.05) is 13.1 Å². The molecule has 2 aromatic rings. The lowest BCUT2D eigenvalue weighted by Gasteiger charge is -2.24. The van der Waals surface area contributed by atoms with E-state index in [1.54, 1.807) is 12.1 Å². The van der Waals surface area contributed by atoms with Crippen molar-refractivity contribution in [2.75, 3.05) is 30.9 Å². The van der Waals surface area contributed by atoms with E-state index in [1.165, 1.54) is 28.7 Å². The second-order valence-electron chi connectivity index (χ2n) is 7.56. The first kappa shape index (κ1) is 25.7. The molecule has 0 aliphatic carbocycles. The Morgan fingerprint density at radius 1 is 1.06 bits per heavy atom. The fourth-order valence-electron chi connectivity index (χ4n) is 3.27. The van der Waals surface area contributed by atoms with Gasteiger partial charge in [-0.1, -0.05) is 33.1 Å². The molecule has 0 unspecified atom stereocenters. The Balaban J connectivity index is 2.28. The number of esters is 1. The van der Waals surface area contributed by atoms with Gasteiger partial charge < -0.3 is 20.1 Å². The Morgan fingerprint density at radius 3 is 2.33 bits per heavy atom. The average Bonchev–Trinajstić information content (AvgIpc) is 2.81. The minimum atomic E-state index is -0.753. The zero-order chi connectivity index (χ0) is 24.4. The molecule has 0 saturated carbocycles. The van der Waals surface area contributed by atoms with Crippen LogP contribution in [0.25, 0.3) is 0 Å². The number of benzene rings is 1. The zero-order valence-electron chi connectivity index (χ0n) is 19.4. The van der Waals surface area contributed by atoms with Crippen LogP contribution in [0.4, 0.5) is 11.5 Å². The summed E-state index contributed by atoms with van der Waals surface area (Å²) in [6, 6.07) is 6.26. The lowest BCUT2D eigenvalue weighted by atomic mass is 10.2. The number of unbranched alkanes of at least 4 members (excludes halogenated alkanes) is 3. The molecular weight excluding hydrogens is 428 g/mol. The van der Waals surface area contributed by atoms with E-state index in [-0.39, 0.29) is 23.6 Å². The first-order valence-corrected chi connectivity index (χ1v) is 11.1. The molecule has 1 aromatic carbocycles. The third-order valence-electron chi connectivity index (χ3n) is 5.16. The number of carbonyl (C=O) groups is 2. The van der Waals surface area contributed by atoms with Crippen LogP contribution < -0.4 is 26.6 Å². The number of hydrogen-bond donors (Lipinski definition) is 2. The highest BCUT2D eigenvalue weighted by Crippen LogP contribution is 2.19. The molecule has 1 heterocycles. The molecule has 1 aromatic heterocycles. The normalized spacial score (nSPS) is 10.6. The van der Waals surface area contributed by atoms with Crippen LogP contribution in [-0.4, -0.2) is 41.7 Å². The number of rotatable bonds is 12. The number of nitrogen functional groups attached to an aromatic ring is 1. The minimum Gasteiger partial charge on any atom is -0.497 e. The maximum absolute atomic E-state index is 13.0. The van der Waals surface area contributed by atoms with E-state index in [0.717, 1.165) is 19.3 Å². The van der Waals surface area contributed by atoms with E-state index in [1.807, 2.05) is 13.8 Å². The number of amides is 1. The monoisotopic (exact) mass is 460 g/mol. The average molecular weight is 461 g/mol. The number of anilines is 2. The number of nitrogens with two attached hydrogens (primary N) is 1. The summed E-state index contributed by atoms with van der Waals surface area (Å²) in [5.41, 5.74) is 4.95. The van der Waals surface area contributed by atoms with Crippen LogP contribution in [-0.2, 0) is 16.1 Å². The van der Waals surface area contributed by atoms with Crippen molar-refractivity contribution in [3.05, 3.63) is 50.7 Å². The van der Waals surface area contributed by atoms with E-state index >= 15 is 0 Å². The number of hydrogen-bond acceptors (Lipinski definition) is 7. The predicted molar refractivity (Wildman–Crippen MR) is 126 cm³/mol. The van der Waals surface area contributed by atoms with Crippen molar-refractivity contribution < 1.29 is 19.1 Å². The number of carbonyl (C=O) groups excluding carboxylic acids is 2. The van der Waals surface area contributed by atoms with E-state index in [2.05, 4.69) is 4.98 Å². The molecule has 0 radical (unpaired) electrons. The van der Waals surface area contributed by atoms with Gasteiger partial charge in [0.2, 0.25) is 0 Å². The van der Waals surface area contributed by atoms with Gasteiger partial charge in [-0.05, 0) is 37.1 Å². The lowest BCUT2D eigenvalue weighted by molar-refractivity contribution is -0.121. The van der Waals surface area contributed by atoms with Gasteiger partial charge in [0.1, 0.15) is 11.6 Å². The Labute approximate surface area is 192 Å². The molecule has 0 bridgehead atoms. The van der Waals surface area contributed by atoms with Crippen LogP contribution in [0.15, 0.2) is 33.9 Å². The second-order valence-corrected chi connectivity index (χ2v) is 7.56. The molecule has 0 atom stereocenters. The SMILES string of the molecule is CCCCCN(C(=O)COC(=O)c1ccc(OC)cc1)c1c(N)n(CCCC)c(=O)[nH]c1=O. The molecule has 0 spiro atoms. The van der Waals surface area contributed by atoms with Crippen molar-refractivity contribution >= 4 is 23.4 Å². The fourth-order valence-corrected chi connectivity index (χ4v) is 3.27. The molecule has 0 saturated heterocycles. The number of methoxy groups -OCH3 is 1. The van der Waals surface area contributed by atoms with Gasteiger partial charge in [-0.25, -0.2) is 9.59 Å². The van der Waals surface area contributed by atoms with E-state index in [0.29, 0.717) is 25.1 Å². The predicted octanol–water partition coefficient (Wildman–Crippen LogP) is 2.31. The summed E-state index contributed by atoms with van der Waals surface area (Å²) >= 11 is 0. The molecule has 10 heteroatoms. The summed E-state index contributed by atoms with van der Waals surface area (Å²) in [6.07, 6.45) is 3.83. The molecule has 0 aliphatic heterocycles. The van der Waals surface area contributed by atoms with E-state index in [4.69, 9.17) is 15.2 Å². The molecule has 33 heavy (non-hydrogen) atoms. The second kappa shape index (κ2) is 12.5. The first-order chi connectivity index (χ1) is 15.8. The standard InChI is InChI=1S/C23H32N4O6/c1-4-6-8-14-26(19-20(24)27(13-7-5-2)23(31)25-21(19)29)18(28)15-33-22(30)16-9-11-17(32-3)12-10-16/h9-12H,4-8,13-15,24H2,1-3H3,(H,25,29,31). The summed E-state index contributed by atoms with van der Waals surface area (Å²) in [5, 5.41) is 0. The van der Waals surface area contributed by atoms with Crippen molar-refractivity contribution in [2.24, 2.45) is 0 Å². The highest BCUT2D eigenvalue weighted by atomic mass is 16.5.